The van der Waals surface area contributed by atoms with Crippen LogP contribution in [0.4, 0.5) is 17.6 Å². The minimum absolute atomic E-state index is 0.0655. The molecule has 3 aliphatic rings. The number of anilines is 3. The van der Waals surface area contributed by atoms with Crippen LogP contribution in [0, 0.1) is 0 Å². The first-order valence-corrected chi connectivity index (χ1v) is 7.50. The van der Waals surface area contributed by atoms with Gasteiger partial charge in [-0.2, -0.15) is 9.97 Å². The number of fused-ring (bicyclic) bond motifs is 3. The van der Waals surface area contributed by atoms with Crippen molar-refractivity contribution < 1.29 is 4.74 Å². The Hall–Kier alpha value is -1.72. The summed E-state index contributed by atoms with van der Waals surface area (Å²) in [6.07, 6.45) is 4.75. The molecule has 0 aromatic carbocycles. The smallest absolute Gasteiger partial charge is 0.224 e. The van der Waals surface area contributed by atoms with Crippen molar-refractivity contribution in [3.05, 3.63) is 0 Å². The molecule has 6 heteroatoms. The molecule has 3 aliphatic heterocycles. The van der Waals surface area contributed by atoms with Crippen LogP contribution in [0.1, 0.15) is 32.6 Å². The third kappa shape index (κ3) is 1.63. The second-order valence-corrected chi connectivity index (χ2v) is 6.29. The Bertz CT molecular complexity index is 543. The fourth-order valence-electron chi connectivity index (χ4n) is 3.66. The van der Waals surface area contributed by atoms with E-state index < -0.39 is 0 Å². The molecule has 2 N–H and O–H groups in total. The average molecular weight is 275 g/mol. The lowest BCUT2D eigenvalue weighted by atomic mass is 9.99. The molecule has 0 bridgehead atoms. The fourth-order valence-corrected chi connectivity index (χ4v) is 3.66. The van der Waals surface area contributed by atoms with Gasteiger partial charge in [0.25, 0.3) is 0 Å². The minimum Gasteiger partial charge on any atom is -0.484 e. The molecule has 0 aliphatic carbocycles. The number of nitrogens with two attached hydrogens (primary N) is 1. The summed E-state index contributed by atoms with van der Waals surface area (Å²) in [5, 5.41) is 0. The Morgan fingerprint density at radius 3 is 2.65 bits per heavy atom. The van der Waals surface area contributed by atoms with Gasteiger partial charge in [-0.15, -0.1) is 0 Å². The molecule has 1 unspecified atom stereocenters. The number of hydrogen-bond donors (Lipinski definition) is 1. The van der Waals surface area contributed by atoms with Crippen LogP contribution in [0.3, 0.4) is 0 Å². The Morgan fingerprint density at radius 1 is 1.10 bits per heavy atom. The summed E-state index contributed by atoms with van der Waals surface area (Å²) in [5.74, 6) is 2.97. The first-order valence-electron chi connectivity index (χ1n) is 7.50. The highest BCUT2D eigenvalue weighted by atomic mass is 16.5. The van der Waals surface area contributed by atoms with Crippen molar-refractivity contribution in [2.24, 2.45) is 0 Å². The van der Waals surface area contributed by atoms with Gasteiger partial charge in [-0.3, -0.25) is 0 Å². The van der Waals surface area contributed by atoms with E-state index in [1.54, 1.807) is 0 Å². The number of rotatable bonds is 1. The summed E-state index contributed by atoms with van der Waals surface area (Å²) in [7, 11) is 0. The van der Waals surface area contributed by atoms with Gasteiger partial charge in [0.15, 0.2) is 11.6 Å². The molecule has 0 spiro atoms. The molecule has 108 valence electrons. The second kappa shape index (κ2) is 4.14. The van der Waals surface area contributed by atoms with Crippen LogP contribution < -0.4 is 20.3 Å². The maximum absolute atomic E-state index is 6.08. The van der Waals surface area contributed by atoms with Crippen molar-refractivity contribution in [2.75, 3.05) is 41.8 Å². The van der Waals surface area contributed by atoms with Crippen molar-refractivity contribution in [1.29, 1.82) is 0 Å². The molecule has 0 saturated carbocycles. The SMILES string of the molecule is CC12CCCN1c1nc(N)nc(N3CCCC3)c1OC2. The molecule has 6 nitrogen and oxygen atoms in total. The van der Waals surface area contributed by atoms with Crippen molar-refractivity contribution >= 4 is 17.6 Å². The second-order valence-electron chi connectivity index (χ2n) is 6.29. The Balaban J connectivity index is 1.82. The van der Waals surface area contributed by atoms with E-state index in [0.29, 0.717) is 12.6 Å². The van der Waals surface area contributed by atoms with Gasteiger partial charge in [-0.05, 0) is 32.6 Å². The van der Waals surface area contributed by atoms with E-state index in [-0.39, 0.29) is 5.54 Å². The summed E-state index contributed by atoms with van der Waals surface area (Å²) < 4.78 is 6.08. The number of aromatic nitrogens is 2. The summed E-state index contributed by atoms with van der Waals surface area (Å²) in [6.45, 7) is 6.06. The molecular weight excluding hydrogens is 254 g/mol. The lowest BCUT2D eigenvalue weighted by Crippen LogP contribution is -2.50. The summed E-state index contributed by atoms with van der Waals surface area (Å²) >= 11 is 0. The maximum atomic E-state index is 6.08. The Kier molecular flexibility index (Phi) is 2.49. The molecule has 1 aromatic heterocycles. The van der Waals surface area contributed by atoms with Gasteiger partial charge in [0.05, 0.1) is 5.54 Å². The maximum Gasteiger partial charge on any atom is 0.224 e. The van der Waals surface area contributed by atoms with Gasteiger partial charge >= 0.3 is 0 Å². The normalized spacial score (nSPS) is 28.2. The monoisotopic (exact) mass is 275 g/mol. The van der Waals surface area contributed by atoms with Crippen LogP contribution in [0.25, 0.3) is 0 Å². The van der Waals surface area contributed by atoms with Gasteiger partial charge in [0, 0.05) is 19.6 Å². The summed E-state index contributed by atoms with van der Waals surface area (Å²) in [6, 6.07) is 0. The van der Waals surface area contributed by atoms with E-state index in [2.05, 4.69) is 26.7 Å². The van der Waals surface area contributed by atoms with Crippen LogP contribution >= 0.6 is 0 Å². The van der Waals surface area contributed by atoms with Gasteiger partial charge in [-0.1, -0.05) is 0 Å². The molecular formula is C14H21N5O. The number of nitrogen functional groups attached to an aromatic ring is 1. The van der Waals surface area contributed by atoms with Crippen LogP contribution in [-0.4, -0.2) is 41.7 Å². The standard InChI is InChI=1S/C14H21N5O/c1-14-5-4-8-19(14)12-10(20-9-14)11(16-13(15)17-12)18-6-2-3-7-18/h2-9H2,1H3,(H2,15,16,17). The molecule has 2 fully saturated rings. The number of nitrogens with zero attached hydrogens (tertiary/aromatic N) is 4. The summed E-state index contributed by atoms with van der Waals surface area (Å²) in [5.41, 5.74) is 6.01. The highest BCUT2D eigenvalue weighted by molar-refractivity contribution is 5.71. The van der Waals surface area contributed by atoms with Crippen LogP contribution in [0.15, 0.2) is 0 Å². The molecule has 1 aromatic rings. The van der Waals surface area contributed by atoms with Crippen LogP contribution in [-0.2, 0) is 0 Å². The van der Waals surface area contributed by atoms with E-state index >= 15 is 0 Å². The zero-order valence-electron chi connectivity index (χ0n) is 11.9. The lowest BCUT2D eigenvalue weighted by molar-refractivity contribution is 0.211. The molecule has 4 heterocycles. The van der Waals surface area contributed by atoms with E-state index in [1.807, 2.05) is 0 Å². The predicted molar refractivity (Wildman–Crippen MR) is 78.4 cm³/mol. The van der Waals surface area contributed by atoms with Crippen molar-refractivity contribution in [3.63, 3.8) is 0 Å². The number of ether oxygens (including phenoxy) is 1. The third-order valence-corrected chi connectivity index (χ3v) is 4.78. The zero-order chi connectivity index (χ0) is 13.7. The quantitative estimate of drug-likeness (QED) is 0.836. The molecule has 1 atom stereocenters. The van der Waals surface area contributed by atoms with E-state index in [9.17, 15) is 0 Å². The molecule has 0 radical (unpaired) electrons. The minimum atomic E-state index is 0.0655. The first kappa shape index (κ1) is 12.1. The van der Waals surface area contributed by atoms with Gasteiger partial charge < -0.3 is 20.3 Å². The van der Waals surface area contributed by atoms with Gasteiger partial charge in [0.2, 0.25) is 11.7 Å². The van der Waals surface area contributed by atoms with Gasteiger partial charge in [0.1, 0.15) is 6.61 Å². The topological polar surface area (TPSA) is 67.5 Å². The molecule has 2 saturated heterocycles. The van der Waals surface area contributed by atoms with E-state index in [1.165, 1.54) is 19.3 Å². The highest BCUT2D eigenvalue weighted by Crippen LogP contribution is 2.46. The van der Waals surface area contributed by atoms with E-state index in [0.717, 1.165) is 43.4 Å². The largest absolute Gasteiger partial charge is 0.484 e. The Labute approximate surface area is 118 Å². The van der Waals surface area contributed by atoms with Crippen LogP contribution in [0.2, 0.25) is 0 Å². The third-order valence-electron chi connectivity index (χ3n) is 4.78. The predicted octanol–water partition coefficient (Wildman–Crippen LogP) is 1.41. The van der Waals surface area contributed by atoms with Crippen molar-refractivity contribution in [2.45, 2.75) is 38.1 Å². The van der Waals surface area contributed by atoms with Crippen LogP contribution in [0.5, 0.6) is 5.75 Å². The Morgan fingerprint density at radius 2 is 1.85 bits per heavy atom. The van der Waals surface area contributed by atoms with Crippen molar-refractivity contribution in [3.8, 4) is 5.75 Å². The molecule has 4 rings (SSSR count). The summed E-state index contributed by atoms with van der Waals surface area (Å²) in [4.78, 5) is 13.6. The fraction of sp³-hybridized carbons (Fsp3) is 0.714. The highest BCUT2D eigenvalue weighted by Gasteiger charge is 2.44. The average Bonchev–Trinajstić information content (AvgIpc) is 3.06. The molecule has 0 amide bonds. The zero-order valence-corrected chi connectivity index (χ0v) is 11.9. The van der Waals surface area contributed by atoms with E-state index in [4.69, 9.17) is 10.5 Å². The lowest BCUT2D eigenvalue weighted by Gasteiger charge is -2.41. The molecule has 20 heavy (non-hydrogen) atoms. The first-order chi connectivity index (χ1) is 9.67. The van der Waals surface area contributed by atoms with Crippen molar-refractivity contribution in [1.82, 2.24) is 9.97 Å². The number of hydrogen-bond acceptors (Lipinski definition) is 6. The van der Waals surface area contributed by atoms with Gasteiger partial charge in [-0.25, -0.2) is 0 Å².